The van der Waals surface area contributed by atoms with Crippen molar-refractivity contribution < 1.29 is 19.9 Å². The van der Waals surface area contributed by atoms with Gasteiger partial charge in [0.1, 0.15) is 5.54 Å². The first-order chi connectivity index (χ1) is 6.42. The number of carboxylic acid groups (broad SMARTS) is 1. The Hall–Kier alpha value is -0.585. The number of unbranched alkanes of at least 4 members (excludes halogenated alkanes) is 1. The Morgan fingerprint density at radius 3 is 2.36 bits per heavy atom. The molecule has 0 saturated carbocycles. The van der Waals surface area contributed by atoms with Crippen molar-refractivity contribution in [1.29, 1.82) is 0 Å². The van der Waals surface area contributed by atoms with E-state index in [2.05, 4.69) is 6.92 Å². The quantitative estimate of drug-likeness (QED) is 0.333. The normalized spacial score (nSPS) is 14.9. The Morgan fingerprint density at radius 2 is 2.00 bits per heavy atom. The van der Waals surface area contributed by atoms with E-state index in [1.165, 1.54) is 0 Å². The molecule has 0 saturated heterocycles. The average Bonchev–Trinajstić information content (AvgIpc) is 2.11. The molecule has 0 rings (SSSR count). The fraction of sp³-hybridized carbons (Fsp3) is 0.750. The lowest BCUT2D eigenvalue weighted by Crippen LogP contribution is -2.47. The smallest absolute Gasteiger partial charge is 0.451 e. The van der Waals surface area contributed by atoms with Gasteiger partial charge in [-0.3, -0.25) is 4.79 Å². The molecule has 0 aromatic carbocycles. The van der Waals surface area contributed by atoms with Gasteiger partial charge in [-0.05, 0) is 19.2 Å². The van der Waals surface area contributed by atoms with Crippen molar-refractivity contribution in [3.8, 4) is 0 Å². The first-order valence-electron chi connectivity index (χ1n) is 4.60. The summed E-state index contributed by atoms with van der Waals surface area (Å²) in [7, 11) is -1.33. The van der Waals surface area contributed by atoms with Crippen molar-refractivity contribution in [2.45, 2.75) is 37.5 Å². The van der Waals surface area contributed by atoms with Gasteiger partial charge in [0.25, 0.3) is 0 Å². The van der Waals surface area contributed by atoms with Crippen LogP contribution in [0.15, 0.2) is 0 Å². The third kappa shape index (κ3) is 4.60. The molecule has 0 spiro atoms. The van der Waals surface area contributed by atoms with E-state index in [-0.39, 0.29) is 12.7 Å². The van der Waals surface area contributed by atoms with Crippen LogP contribution in [0.1, 0.15) is 25.7 Å². The first kappa shape index (κ1) is 13.4. The maximum absolute atomic E-state index is 10.7. The Balaban J connectivity index is 3.79. The van der Waals surface area contributed by atoms with Gasteiger partial charge < -0.3 is 20.9 Å². The number of aliphatic carboxylic acids is 1. The van der Waals surface area contributed by atoms with Crippen molar-refractivity contribution in [2.24, 2.45) is 5.73 Å². The van der Waals surface area contributed by atoms with E-state index in [1.54, 1.807) is 0 Å². The Bertz CT molecular complexity index is 188. The number of carbonyl (C=O) groups is 1. The molecule has 0 aromatic heterocycles. The Morgan fingerprint density at radius 1 is 1.43 bits per heavy atom. The molecule has 5 nitrogen and oxygen atoms in total. The zero-order valence-corrected chi connectivity index (χ0v) is 8.15. The van der Waals surface area contributed by atoms with Gasteiger partial charge in [0.05, 0.1) is 0 Å². The zero-order valence-electron chi connectivity index (χ0n) is 8.15. The molecule has 0 amide bonds. The zero-order chi connectivity index (χ0) is 11.2. The van der Waals surface area contributed by atoms with Gasteiger partial charge in [-0.15, -0.1) is 0 Å². The number of rotatable bonds is 7. The largest absolute Gasteiger partial charge is 0.480 e. The van der Waals surface area contributed by atoms with E-state index in [4.69, 9.17) is 20.9 Å². The maximum Gasteiger partial charge on any atom is 0.451 e. The summed E-state index contributed by atoms with van der Waals surface area (Å²) < 4.78 is 0. The van der Waals surface area contributed by atoms with Gasteiger partial charge in [0, 0.05) is 0 Å². The first-order valence-corrected chi connectivity index (χ1v) is 4.60. The van der Waals surface area contributed by atoms with Crippen LogP contribution in [0.3, 0.4) is 0 Å². The molecular formula is C8H17BNO4. The van der Waals surface area contributed by atoms with Crippen molar-refractivity contribution >= 4 is 13.1 Å². The van der Waals surface area contributed by atoms with Crippen LogP contribution in [0, 0.1) is 6.92 Å². The molecule has 14 heavy (non-hydrogen) atoms. The molecule has 0 bridgehead atoms. The second kappa shape index (κ2) is 6.00. The van der Waals surface area contributed by atoms with Crippen LogP contribution < -0.4 is 5.73 Å². The number of hydrogen-bond donors (Lipinski definition) is 4. The lowest BCUT2D eigenvalue weighted by Gasteiger charge is -2.22. The molecule has 1 radical (unpaired) electrons. The van der Waals surface area contributed by atoms with Crippen molar-refractivity contribution in [3.05, 3.63) is 6.92 Å². The molecule has 0 aliphatic rings. The summed E-state index contributed by atoms with van der Waals surface area (Å²) in [6.07, 6.45) is 1.77. The molecule has 0 heterocycles. The van der Waals surface area contributed by atoms with E-state index in [0.29, 0.717) is 19.3 Å². The number of carboxylic acids is 1. The minimum absolute atomic E-state index is 0.129. The number of hydrogen-bond acceptors (Lipinski definition) is 4. The van der Waals surface area contributed by atoms with E-state index in [9.17, 15) is 4.79 Å². The Kier molecular flexibility index (Phi) is 5.75. The SMILES string of the molecule is [CH2]CC(N)(CCCCB(O)O)C(=O)O. The molecule has 0 fully saturated rings. The summed E-state index contributed by atoms with van der Waals surface area (Å²) in [5.41, 5.74) is 4.29. The molecule has 0 aliphatic heterocycles. The van der Waals surface area contributed by atoms with Gasteiger partial charge >= 0.3 is 13.1 Å². The van der Waals surface area contributed by atoms with Crippen LogP contribution in [0.4, 0.5) is 0 Å². The summed E-state index contributed by atoms with van der Waals surface area (Å²) >= 11 is 0. The summed E-state index contributed by atoms with van der Waals surface area (Å²) in [5, 5.41) is 25.9. The lowest BCUT2D eigenvalue weighted by molar-refractivity contribution is -0.143. The van der Waals surface area contributed by atoms with Crippen LogP contribution in [0.25, 0.3) is 0 Å². The topological polar surface area (TPSA) is 104 Å². The van der Waals surface area contributed by atoms with Crippen molar-refractivity contribution in [3.63, 3.8) is 0 Å². The van der Waals surface area contributed by atoms with Gasteiger partial charge in [-0.25, -0.2) is 0 Å². The van der Waals surface area contributed by atoms with Crippen LogP contribution in [-0.4, -0.2) is 33.8 Å². The molecule has 1 unspecified atom stereocenters. The minimum atomic E-state index is -1.33. The van der Waals surface area contributed by atoms with Crippen molar-refractivity contribution in [2.75, 3.05) is 0 Å². The predicted octanol–water partition coefficient (Wildman–Crippen LogP) is -0.364. The van der Waals surface area contributed by atoms with Crippen LogP contribution in [0.2, 0.25) is 6.32 Å². The highest BCUT2D eigenvalue weighted by molar-refractivity contribution is 6.40. The van der Waals surface area contributed by atoms with Gasteiger partial charge in [0.15, 0.2) is 0 Å². The molecule has 0 aromatic rings. The second-order valence-corrected chi connectivity index (χ2v) is 3.44. The lowest BCUT2D eigenvalue weighted by atomic mass is 9.81. The molecule has 1 atom stereocenters. The fourth-order valence-electron chi connectivity index (χ4n) is 1.11. The van der Waals surface area contributed by atoms with Gasteiger partial charge in [-0.1, -0.05) is 19.8 Å². The minimum Gasteiger partial charge on any atom is -0.480 e. The van der Waals surface area contributed by atoms with Crippen LogP contribution in [0.5, 0.6) is 0 Å². The van der Waals surface area contributed by atoms with Crippen LogP contribution in [-0.2, 0) is 4.79 Å². The highest BCUT2D eigenvalue weighted by Crippen LogP contribution is 2.16. The van der Waals surface area contributed by atoms with E-state index < -0.39 is 18.6 Å². The molecular weight excluding hydrogens is 185 g/mol. The van der Waals surface area contributed by atoms with Gasteiger partial charge in [0.2, 0.25) is 0 Å². The van der Waals surface area contributed by atoms with Gasteiger partial charge in [-0.2, -0.15) is 0 Å². The van der Waals surface area contributed by atoms with Crippen LogP contribution >= 0.6 is 0 Å². The molecule has 6 heteroatoms. The second-order valence-electron chi connectivity index (χ2n) is 3.44. The molecule has 5 N–H and O–H groups in total. The Labute approximate surface area is 84.1 Å². The summed E-state index contributed by atoms with van der Waals surface area (Å²) in [4.78, 5) is 10.7. The fourth-order valence-corrected chi connectivity index (χ4v) is 1.11. The third-order valence-corrected chi connectivity index (χ3v) is 2.21. The average molecular weight is 202 g/mol. The van der Waals surface area contributed by atoms with E-state index in [1.807, 2.05) is 0 Å². The highest BCUT2D eigenvalue weighted by Gasteiger charge is 2.30. The summed E-state index contributed by atoms with van der Waals surface area (Å²) in [6, 6.07) is 0. The molecule has 0 aliphatic carbocycles. The highest BCUT2D eigenvalue weighted by atomic mass is 16.4. The monoisotopic (exact) mass is 202 g/mol. The predicted molar refractivity (Wildman–Crippen MR) is 53.4 cm³/mol. The third-order valence-electron chi connectivity index (χ3n) is 2.21. The summed E-state index contributed by atoms with van der Waals surface area (Å²) in [5.74, 6) is -1.06. The maximum atomic E-state index is 10.7. The van der Waals surface area contributed by atoms with Crippen molar-refractivity contribution in [1.82, 2.24) is 0 Å². The molecule has 81 valence electrons. The van der Waals surface area contributed by atoms with E-state index in [0.717, 1.165) is 0 Å². The summed E-state index contributed by atoms with van der Waals surface area (Å²) in [6.45, 7) is 3.49. The number of nitrogens with two attached hydrogens (primary N) is 1. The van der Waals surface area contributed by atoms with E-state index >= 15 is 0 Å². The standard InChI is InChI=1S/C8H17BNO4/c1-2-8(10,7(11)12)5-3-4-6-9(13)14/h13-14H,1-6,10H2,(H,11,12).